The minimum atomic E-state index is 0. The van der Waals surface area contributed by atoms with E-state index in [1.54, 1.807) is 7.11 Å². The molecule has 2 heterocycles. The molecule has 0 saturated heterocycles. The molecule has 1 aliphatic rings. The molecule has 1 atom stereocenters. The highest BCUT2D eigenvalue weighted by Gasteiger charge is 2.22. The molecule has 0 fully saturated rings. The summed E-state index contributed by atoms with van der Waals surface area (Å²) in [4.78, 5) is 4.83. The highest BCUT2D eigenvalue weighted by atomic mass is 127. The Morgan fingerprint density at radius 3 is 2.84 bits per heavy atom. The van der Waals surface area contributed by atoms with Gasteiger partial charge in [0.2, 0.25) is 0 Å². The molecule has 4 rings (SSSR count). The number of ether oxygens (including phenoxy) is 2. The van der Waals surface area contributed by atoms with Crippen molar-refractivity contribution < 1.29 is 9.47 Å². The van der Waals surface area contributed by atoms with Gasteiger partial charge in [0.05, 0.1) is 32.8 Å². The molecule has 1 aromatic heterocycles. The van der Waals surface area contributed by atoms with Gasteiger partial charge in [-0.2, -0.15) is 0 Å². The molecule has 0 spiro atoms. The van der Waals surface area contributed by atoms with Crippen LogP contribution in [0.25, 0.3) is 0 Å². The maximum Gasteiger partial charge on any atom is 0.192 e. The van der Waals surface area contributed by atoms with Crippen LogP contribution >= 0.6 is 24.0 Å². The Kier molecular flexibility index (Phi) is 8.32. The number of aliphatic imine (C=N–C) groups is 1. The molecule has 32 heavy (non-hydrogen) atoms. The second-order valence-electron chi connectivity index (χ2n) is 7.46. The topological polar surface area (TPSA) is 85.6 Å². The fourth-order valence-electron chi connectivity index (χ4n) is 3.52. The summed E-state index contributed by atoms with van der Waals surface area (Å²) < 4.78 is 13.1. The van der Waals surface area contributed by atoms with Crippen LogP contribution in [-0.4, -0.2) is 34.4 Å². The first-order valence-corrected chi connectivity index (χ1v) is 10.4. The molecule has 0 amide bonds. The second kappa shape index (κ2) is 11.2. The minimum absolute atomic E-state index is 0. The smallest absolute Gasteiger partial charge is 0.192 e. The number of aryl methyl sites for hydroxylation is 1. The van der Waals surface area contributed by atoms with Crippen molar-refractivity contribution in [3.8, 4) is 11.5 Å². The number of guanidine groups is 1. The van der Waals surface area contributed by atoms with Crippen LogP contribution in [0.5, 0.6) is 11.5 Å². The minimum Gasteiger partial charge on any atom is -0.497 e. The highest BCUT2D eigenvalue weighted by molar-refractivity contribution is 14.0. The number of nitrogens with one attached hydrogen (secondary N) is 2. The zero-order valence-corrected chi connectivity index (χ0v) is 20.9. The Bertz CT molecular complexity index is 1070. The Hall–Kier alpha value is -2.82. The van der Waals surface area contributed by atoms with Gasteiger partial charge >= 0.3 is 0 Å². The molecule has 1 aliphatic heterocycles. The Morgan fingerprint density at radius 2 is 2.06 bits per heavy atom. The largest absolute Gasteiger partial charge is 0.497 e. The van der Waals surface area contributed by atoms with Gasteiger partial charge in [0.1, 0.15) is 17.3 Å². The average Bonchev–Trinajstić information content (AvgIpc) is 3.13. The Labute approximate surface area is 205 Å². The molecule has 2 aromatic carbocycles. The summed E-state index contributed by atoms with van der Waals surface area (Å²) in [5, 5.41) is 15.4. The number of benzene rings is 2. The summed E-state index contributed by atoms with van der Waals surface area (Å²) in [6.07, 6.45) is 0.861. The summed E-state index contributed by atoms with van der Waals surface area (Å²) in [7, 11) is 3.63. The van der Waals surface area contributed by atoms with Crippen molar-refractivity contribution >= 4 is 29.9 Å². The van der Waals surface area contributed by atoms with E-state index in [1.165, 1.54) is 0 Å². The van der Waals surface area contributed by atoms with Gasteiger partial charge in [-0.15, -0.1) is 34.2 Å². The first kappa shape index (κ1) is 23.8. The zero-order chi connectivity index (χ0) is 21.6. The predicted molar refractivity (Wildman–Crippen MR) is 135 cm³/mol. The van der Waals surface area contributed by atoms with Crippen molar-refractivity contribution in [1.29, 1.82) is 0 Å². The van der Waals surface area contributed by atoms with E-state index in [-0.39, 0.29) is 30.0 Å². The standard InChI is InChI=1S/C23H28N6O2.HI/c1-16-27-28-22(29(16)2)15-25-23(24-14-17-7-6-8-18(13-17)30-3)26-20-11-12-31-21-10-5-4-9-19(20)21;/h4-10,13,20H,11-12,14-15H2,1-3H3,(H2,24,25,26);1H. The molecule has 2 N–H and O–H groups in total. The van der Waals surface area contributed by atoms with E-state index >= 15 is 0 Å². The van der Waals surface area contributed by atoms with Crippen LogP contribution in [0.15, 0.2) is 53.5 Å². The normalized spacial score (nSPS) is 15.2. The van der Waals surface area contributed by atoms with E-state index in [0.29, 0.717) is 25.7 Å². The molecule has 9 heteroatoms. The van der Waals surface area contributed by atoms with Crippen LogP contribution in [0, 0.1) is 6.92 Å². The first-order chi connectivity index (χ1) is 15.1. The van der Waals surface area contributed by atoms with Crippen LogP contribution in [0.4, 0.5) is 0 Å². The van der Waals surface area contributed by atoms with E-state index in [1.807, 2.05) is 61.0 Å². The fourth-order valence-corrected chi connectivity index (χ4v) is 3.52. The van der Waals surface area contributed by atoms with Gasteiger partial charge in [-0.05, 0) is 30.7 Å². The van der Waals surface area contributed by atoms with E-state index in [0.717, 1.165) is 40.7 Å². The number of rotatable bonds is 6. The molecule has 0 saturated carbocycles. The van der Waals surface area contributed by atoms with E-state index < -0.39 is 0 Å². The van der Waals surface area contributed by atoms with Gasteiger partial charge in [0.25, 0.3) is 0 Å². The van der Waals surface area contributed by atoms with Crippen LogP contribution in [0.1, 0.15) is 35.2 Å². The molecule has 0 aliphatic carbocycles. The molecule has 1 unspecified atom stereocenters. The van der Waals surface area contributed by atoms with Crippen molar-refractivity contribution in [1.82, 2.24) is 25.4 Å². The van der Waals surface area contributed by atoms with Crippen LogP contribution in [-0.2, 0) is 20.1 Å². The van der Waals surface area contributed by atoms with E-state index in [2.05, 4.69) is 26.9 Å². The summed E-state index contributed by atoms with van der Waals surface area (Å²) in [5.74, 6) is 4.18. The highest BCUT2D eigenvalue weighted by Crippen LogP contribution is 2.31. The fraction of sp³-hybridized carbons (Fsp3) is 0.348. The molecule has 170 valence electrons. The maximum absolute atomic E-state index is 5.80. The first-order valence-electron chi connectivity index (χ1n) is 10.4. The number of aromatic nitrogens is 3. The third kappa shape index (κ3) is 5.70. The van der Waals surface area contributed by atoms with E-state index in [9.17, 15) is 0 Å². The molecule has 0 bridgehead atoms. The van der Waals surface area contributed by atoms with Crippen molar-refractivity contribution in [2.75, 3.05) is 13.7 Å². The van der Waals surface area contributed by atoms with Crippen molar-refractivity contribution in [3.63, 3.8) is 0 Å². The molecule has 8 nitrogen and oxygen atoms in total. The lowest BCUT2D eigenvalue weighted by Gasteiger charge is -2.28. The lowest BCUT2D eigenvalue weighted by Crippen LogP contribution is -2.41. The molecule has 3 aromatic rings. The number of fused-ring (bicyclic) bond motifs is 1. The molecule has 0 radical (unpaired) electrons. The maximum atomic E-state index is 5.80. The quantitative estimate of drug-likeness (QED) is 0.279. The van der Waals surface area contributed by atoms with Gasteiger partial charge in [0.15, 0.2) is 11.8 Å². The van der Waals surface area contributed by atoms with Crippen molar-refractivity contribution in [2.45, 2.75) is 32.5 Å². The average molecular weight is 548 g/mol. The number of para-hydroxylation sites is 1. The number of hydrogen-bond donors (Lipinski definition) is 2. The summed E-state index contributed by atoms with van der Waals surface area (Å²) in [6.45, 7) is 3.65. The summed E-state index contributed by atoms with van der Waals surface area (Å²) in [5.41, 5.74) is 2.21. The summed E-state index contributed by atoms with van der Waals surface area (Å²) in [6, 6.07) is 16.2. The number of halogens is 1. The Morgan fingerprint density at radius 1 is 1.22 bits per heavy atom. The SMILES string of the molecule is COc1cccc(CN=C(NCc2nnc(C)n2C)NC2CCOc3ccccc32)c1.I. The lowest BCUT2D eigenvalue weighted by molar-refractivity contribution is 0.261. The zero-order valence-electron chi connectivity index (χ0n) is 18.5. The Balaban J connectivity index is 0.00000289. The van der Waals surface area contributed by atoms with Gasteiger partial charge in [-0.25, -0.2) is 4.99 Å². The van der Waals surface area contributed by atoms with Gasteiger partial charge < -0.3 is 24.7 Å². The van der Waals surface area contributed by atoms with Crippen molar-refractivity contribution in [3.05, 3.63) is 71.3 Å². The second-order valence-corrected chi connectivity index (χ2v) is 7.46. The lowest BCUT2D eigenvalue weighted by atomic mass is 10.0. The van der Waals surface area contributed by atoms with Crippen LogP contribution in [0.2, 0.25) is 0 Å². The molecular formula is C23H29IN6O2. The van der Waals surface area contributed by atoms with E-state index in [4.69, 9.17) is 14.5 Å². The van der Waals surface area contributed by atoms with Crippen LogP contribution in [0.3, 0.4) is 0 Å². The third-order valence-electron chi connectivity index (χ3n) is 5.42. The number of methoxy groups -OCH3 is 1. The predicted octanol–water partition coefficient (Wildman–Crippen LogP) is 3.51. The van der Waals surface area contributed by atoms with Gasteiger partial charge in [-0.3, -0.25) is 0 Å². The summed E-state index contributed by atoms with van der Waals surface area (Å²) >= 11 is 0. The van der Waals surface area contributed by atoms with Gasteiger partial charge in [0, 0.05) is 19.0 Å². The molecular weight excluding hydrogens is 519 g/mol. The third-order valence-corrected chi connectivity index (χ3v) is 5.42. The number of hydrogen-bond acceptors (Lipinski definition) is 5. The van der Waals surface area contributed by atoms with Gasteiger partial charge in [-0.1, -0.05) is 30.3 Å². The van der Waals surface area contributed by atoms with Crippen molar-refractivity contribution in [2.24, 2.45) is 12.0 Å². The number of nitrogens with zero attached hydrogens (tertiary/aromatic N) is 4. The monoisotopic (exact) mass is 548 g/mol. The van der Waals surface area contributed by atoms with Crippen LogP contribution < -0.4 is 20.1 Å².